The van der Waals surface area contributed by atoms with Crippen LogP contribution in [0.4, 0.5) is 0 Å². The summed E-state index contributed by atoms with van der Waals surface area (Å²) in [7, 11) is 0. The second-order valence-electron chi connectivity index (χ2n) is 8.21. The van der Waals surface area contributed by atoms with Crippen LogP contribution in [-0.2, 0) is 28.4 Å². The highest BCUT2D eigenvalue weighted by Gasteiger charge is 2.49. The third-order valence-electron chi connectivity index (χ3n) is 5.23. The van der Waals surface area contributed by atoms with Crippen molar-refractivity contribution in [3.8, 4) is 0 Å². The van der Waals surface area contributed by atoms with Crippen molar-refractivity contribution in [1.29, 1.82) is 5.41 Å². The highest BCUT2D eigenvalue weighted by atomic mass is 16.7. The predicted octanol–water partition coefficient (Wildman–Crippen LogP) is 5.10. The fourth-order valence-electron chi connectivity index (χ4n) is 3.39. The summed E-state index contributed by atoms with van der Waals surface area (Å²) in [5, 5.41) is 7.85. The molecule has 1 N–H and O–H groups in total. The summed E-state index contributed by atoms with van der Waals surface area (Å²) in [6.45, 7) is 13.1. The highest BCUT2D eigenvalue weighted by Crippen LogP contribution is 2.30. The first kappa shape index (κ1) is 28.3. The Bertz CT molecular complexity index is 450. The van der Waals surface area contributed by atoms with Crippen molar-refractivity contribution < 1.29 is 28.4 Å². The van der Waals surface area contributed by atoms with E-state index in [2.05, 4.69) is 27.7 Å². The van der Waals surface area contributed by atoms with Crippen LogP contribution in [0.3, 0.4) is 0 Å². The van der Waals surface area contributed by atoms with E-state index in [1.807, 2.05) is 0 Å². The van der Waals surface area contributed by atoms with Crippen molar-refractivity contribution in [2.45, 2.75) is 117 Å². The molecule has 31 heavy (non-hydrogen) atoms. The Kier molecular flexibility index (Phi) is 16.2. The summed E-state index contributed by atoms with van der Waals surface area (Å²) in [5.74, 6) is 0.0948. The first-order valence-electron chi connectivity index (χ1n) is 12.4. The average molecular weight is 446 g/mol. The zero-order valence-corrected chi connectivity index (χ0v) is 20.5. The minimum atomic E-state index is -0.716. The zero-order valence-electron chi connectivity index (χ0n) is 20.5. The second-order valence-corrected chi connectivity index (χ2v) is 8.21. The van der Waals surface area contributed by atoms with E-state index in [-0.39, 0.29) is 24.2 Å². The first-order chi connectivity index (χ1) is 15.1. The summed E-state index contributed by atoms with van der Waals surface area (Å²) in [4.78, 5) is 0. The van der Waals surface area contributed by atoms with E-state index in [0.29, 0.717) is 33.0 Å². The van der Waals surface area contributed by atoms with Crippen molar-refractivity contribution in [3.63, 3.8) is 0 Å². The second kappa shape index (κ2) is 17.8. The van der Waals surface area contributed by atoms with E-state index in [4.69, 9.17) is 33.8 Å². The van der Waals surface area contributed by atoms with Gasteiger partial charge in [0.25, 0.3) is 0 Å². The van der Waals surface area contributed by atoms with Gasteiger partial charge in [0, 0.05) is 33.4 Å². The quantitative estimate of drug-likeness (QED) is 0.180. The van der Waals surface area contributed by atoms with Crippen molar-refractivity contribution in [3.05, 3.63) is 0 Å². The van der Waals surface area contributed by atoms with Crippen molar-refractivity contribution >= 4 is 5.90 Å². The summed E-state index contributed by atoms with van der Waals surface area (Å²) in [6.07, 6.45) is 5.97. The number of unbranched alkanes of at least 4 members (excludes halogenated alkanes) is 4. The SMILES string of the molecule is CCCCOCC1OC(OC(C)=N)C(OCCCC)C(OCCCC)[C@@H]1OCCCC. The molecule has 1 heterocycles. The Hall–Kier alpha value is -0.730. The van der Waals surface area contributed by atoms with Crippen LogP contribution in [0.5, 0.6) is 0 Å². The van der Waals surface area contributed by atoms with Gasteiger partial charge in [-0.2, -0.15) is 0 Å². The van der Waals surface area contributed by atoms with E-state index < -0.39 is 12.4 Å². The molecule has 7 nitrogen and oxygen atoms in total. The summed E-state index contributed by atoms with van der Waals surface area (Å²) >= 11 is 0. The summed E-state index contributed by atoms with van der Waals surface area (Å²) in [6, 6.07) is 0. The van der Waals surface area contributed by atoms with Gasteiger partial charge in [0.1, 0.15) is 24.4 Å². The standard InChI is InChI=1S/C24H47NO6/c1-6-10-14-26-18-20-21(27-15-11-7-2)22(28-16-12-8-3)23(29-17-13-9-4)24(31-20)30-19(5)25/h20-25H,6-18H2,1-5H3/t20?,21-,22?,23?,24?/m1/s1. The number of hydrogen-bond acceptors (Lipinski definition) is 7. The molecule has 5 atom stereocenters. The molecule has 0 bridgehead atoms. The third kappa shape index (κ3) is 11.1. The lowest BCUT2D eigenvalue weighted by Crippen LogP contribution is -2.62. The molecule has 1 fully saturated rings. The molecule has 1 aliphatic heterocycles. The largest absolute Gasteiger partial charge is 0.450 e. The van der Waals surface area contributed by atoms with Crippen LogP contribution in [0.1, 0.15) is 86.0 Å². The first-order valence-corrected chi connectivity index (χ1v) is 12.4. The van der Waals surface area contributed by atoms with Crippen LogP contribution in [0, 0.1) is 5.41 Å². The lowest BCUT2D eigenvalue weighted by atomic mass is 9.98. The van der Waals surface area contributed by atoms with Gasteiger partial charge in [0.2, 0.25) is 6.29 Å². The Morgan fingerprint density at radius 2 is 1.19 bits per heavy atom. The molecule has 0 amide bonds. The van der Waals surface area contributed by atoms with Gasteiger partial charge >= 0.3 is 0 Å². The van der Waals surface area contributed by atoms with E-state index >= 15 is 0 Å². The molecule has 0 aromatic carbocycles. The molecule has 0 aromatic rings. The summed E-state index contributed by atoms with van der Waals surface area (Å²) in [5.41, 5.74) is 0. The summed E-state index contributed by atoms with van der Waals surface area (Å²) < 4.78 is 36.8. The van der Waals surface area contributed by atoms with Crippen LogP contribution in [-0.4, -0.2) is 69.6 Å². The third-order valence-corrected chi connectivity index (χ3v) is 5.23. The van der Waals surface area contributed by atoms with Crippen LogP contribution in [0.15, 0.2) is 0 Å². The van der Waals surface area contributed by atoms with Gasteiger partial charge in [-0.3, -0.25) is 5.41 Å². The maximum absolute atomic E-state index is 7.85. The molecular weight excluding hydrogens is 398 g/mol. The van der Waals surface area contributed by atoms with Crippen molar-refractivity contribution in [1.82, 2.24) is 0 Å². The van der Waals surface area contributed by atoms with Crippen LogP contribution >= 0.6 is 0 Å². The topological polar surface area (TPSA) is 79.2 Å². The molecule has 0 aliphatic carbocycles. The zero-order chi connectivity index (χ0) is 22.9. The maximum Gasteiger partial charge on any atom is 0.230 e. The smallest absolute Gasteiger partial charge is 0.230 e. The highest BCUT2D eigenvalue weighted by molar-refractivity contribution is 5.69. The minimum Gasteiger partial charge on any atom is -0.450 e. The minimum absolute atomic E-state index is 0.0948. The van der Waals surface area contributed by atoms with E-state index in [1.54, 1.807) is 6.92 Å². The monoisotopic (exact) mass is 445 g/mol. The number of rotatable bonds is 18. The van der Waals surface area contributed by atoms with Gasteiger partial charge in [-0.05, 0) is 25.7 Å². The van der Waals surface area contributed by atoms with Gasteiger partial charge in [-0.15, -0.1) is 0 Å². The molecular formula is C24H47NO6. The number of nitrogens with one attached hydrogen (secondary N) is 1. The van der Waals surface area contributed by atoms with Crippen LogP contribution < -0.4 is 0 Å². The lowest BCUT2D eigenvalue weighted by Gasteiger charge is -2.45. The van der Waals surface area contributed by atoms with Gasteiger partial charge < -0.3 is 28.4 Å². The number of ether oxygens (including phenoxy) is 6. The average Bonchev–Trinajstić information content (AvgIpc) is 2.74. The molecule has 0 saturated carbocycles. The fourth-order valence-corrected chi connectivity index (χ4v) is 3.39. The molecule has 4 unspecified atom stereocenters. The van der Waals surface area contributed by atoms with Gasteiger partial charge in [-0.25, -0.2) is 0 Å². The molecule has 0 aromatic heterocycles. The fraction of sp³-hybridized carbons (Fsp3) is 0.958. The van der Waals surface area contributed by atoms with Gasteiger partial charge in [0.15, 0.2) is 5.90 Å². The van der Waals surface area contributed by atoms with Gasteiger partial charge in [-0.1, -0.05) is 53.4 Å². The van der Waals surface area contributed by atoms with E-state index in [9.17, 15) is 0 Å². The molecule has 1 rings (SSSR count). The van der Waals surface area contributed by atoms with Crippen LogP contribution in [0.25, 0.3) is 0 Å². The molecule has 7 heteroatoms. The Labute approximate surface area is 189 Å². The molecule has 1 aliphatic rings. The number of hydrogen-bond donors (Lipinski definition) is 1. The maximum atomic E-state index is 7.85. The predicted molar refractivity (Wildman–Crippen MR) is 123 cm³/mol. The Morgan fingerprint density at radius 3 is 1.71 bits per heavy atom. The van der Waals surface area contributed by atoms with E-state index in [0.717, 1.165) is 51.4 Å². The van der Waals surface area contributed by atoms with Crippen molar-refractivity contribution in [2.75, 3.05) is 33.0 Å². The van der Waals surface area contributed by atoms with Gasteiger partial charge in [0.05, 0.1) is 6.61 Å². The Morgan fingerprint density at radius 1 is 0.710 bits per heavy atom. The lowest BCUT2D eigenvalue weighted by molar-refractivity contribution is -0.308. The Balaban J connectivity index is 3.06. The van der Waals surface area contributed by atoms with E-state index in [1.165, 1.54) is 0 Å². The normalized spacial score (nSPS) is 26.2. The molecule has 1 saturated heterocycles. The molecule has 184 valence electrons. The molecule has 0 radical (unpaired) electrons. The van der Waals surface area contributed by atoms with Crippen LogP contribution in [0.2, 0.25) is 0 Å². The molecule has 0 spiro atoms. The van der Waals surface area contributed by atoms with Crippen molar-refractivity contribution in [2.24, 2.45) is 0 Å².